The lowest BCUT2D eigenvalue weighted by Crippen LogP contribution is -2.45. The number of rotatable bonds is 4. The summed E-state index contributed by atoms with van der Waals surface area (Å²) in [6, 6.07) is 0. The van der Waals surface area contributed by atoms with E-state index in [-0.39, 0.29) is 5.91 Å². The molecule has 0 unspecified atom stereocenters. The van der Waals surface area contributed by atoms with E-state index < -0.39 is 0 Å². The van der Waals surface area contributed by atoms with E-state index in [4.69, 9.17) is 0 Å². The van der Waals surface area contributed by atoms with Crippen molar-refractivity contribution in [3.8, 4) is 0 Å². The van der Waals surface area contributed by atoms with E-state index in [0.29, 0.717) is 12.2 Å². The molecule has 0 aliphatic carbocycles. The highest BCUT2D eigenvalue weighted by molar-refractivity contribution is 5.89. The molecule has 0 radical (unpaired) electrons. The first-order valence-corrected chi connectivity index (χ1v) is 6.20. The fourth-order valence-corrected chi connectivity index (χ4v) is 1.94. The van der Waals surface area contributed by atoms with E-state index in [2.05, 4.69) is 32.4 Å². The Labute approximate surface area is 107 Å². The van der Waals surface area contributed by atoms with Crippen LogP contribution >= 0.6 is 0 Å². The second kappa shape index (κ2) is 5.92. The molecular formula is C11H20N6O. The monoisotopic (exact) mass is 252 g/mol. The number of aromatic nitrogens is 3. The van der Waals surface area contributed by atoms with E-state index in [1.165, 1.54) is 4.80 Å². The van der Waals surface area contributed by atoms with Crippen LogP contribution in [0.25, 0.3) is 0 Å². The van der Waals surface area contributed by atoms with Crippen molar-refractivity contribution in [2.75, 3.05) is 45.1 Å². The third kappa shape index (κ3) is 3.78. The van der Waals surface area contributed by atoms with Crippen LogP contribution in [-0.4, -0.2) is 70.5 Å². The number of amides is 1. The molecule has 1 saturated heterocycles. The van der Waals surface area contributed by atoms with Gasteiger partial charge in [0.1, 0.15) is 0 Å². The molecule has 18 heavy (non-hydrogen) atoms. The Kier molecular flexibility index (Phi) is 4.27. The minimum Gasteiger partial charge on any atom is -0.308 e. The SMILES string of the molecule is CN1CCN(CCC(=O)Nc2cnn(C)n2)CC1. The highest BCUT2D eigenvalue weighted by Gasteiger charge is 2.14. The zero-order valence-electron chi connectivity index (χ0n) is 11.0. The summed E-state index contributed by atoms with van der Waals surface area (Å²) in [6.07, 6.45) is 2.05. The zero-order valence-corrected chi connectivity index (χ0v) is 11.0. The number of likely N-dealkylation sites (N-methyl/N-ethyl adjacent to an activating group) is 1. The summed E-state index contributed by atoms with van der Waals surface area (Å²) in [5.74, 6) is 0.510. The summed E-state index contributed by atoms with van der Waals surface area (Å²) < 4.78 is 0. The molecule has 1 aromatic rings. The van der Waals surface area contributed by atoms with E-state index in [0.717, 1.165) is 32.7 Å². The van der Waals surface area contributed by atoms with Crippen molar-refractivity contribution >= 4 is 11.7 Å². The lowest BCUT2D eigenvalue weighted by Gasteiger charge is -2.32. The number of aryl methyl sites for hydroxylation is 1. The van der Waals surface area contributed by atoms with Crippen molar-refractivity contribution in [1.29, 1.82) is 0 Å². The van der Waals surface area contributed by atoms with Gasteiger partial charge < -0.3 is 15.1 Å². The average Bonchev–Trinajstić information content (AvgIpc) is 2.74. The molecule has 100 valence electrons. The predicted molar refractivity (Wildman–Crippen MR) is 68.2 cm³/mol. The van der Waals surface area contributed by atoms with E-state index in [1.54, 1.807) is 13.2 Å². The van der Waals surface area contributed by atoms with Crippen LogP contribution in [-0.2, 0) is 11.8 Å². The Bertz CT molecular complexity index is 396. The van der Waals surface area contributed by atoms with Gasteiger partial charge in [0.2, 0.25) is 5.91 Å². The molecule has 0 atom stereocenters. The number of hydrogen-bond acceptors (Lipinski definition) is 5. The minimum absolute atomic E-state index is 0.00516. The summed E-state index contributed by atoms with van der Waals surface area (Å²) >= 11 is 0. The number of hydrogen-bond donors (Lipinski definition) is 1. The molecule has 2 heterocycles. The van der Waals surface area contributed by atoms with Crippen molar-refractivity contribution in [3.05, 3.63) is 6.20 Å². The average molecular weight is 252 g/mol. The summed E-state index contributed by atoms with van der Waals surface area (Å²) in [4.78, 5) is 17.7. The number of piperazine rings is 1. The van der Waals surface area contributed by atoms with Crippen LogP contribution in [0.4, 0.5) is 5.82 Å². The smallest absolute Gasteiger partial charge is 0.226 e. The van der Waals surface area contributed by atoms with Crippen LogP contribution in [0.5, 0.6) is 0 Å². The molecule has 0 spiro atoms. The van der Waals surface area contributed by atoms with Crippen LogP contribution in [0.2, 0.25) is 0 Å². The van der Waals surface area contributed by atoms with Crippen molar-refractivity contribution in [2.24, 2.45) is 7.05 Å². The van der Waals surface area contributed by atoms with Gasteiger partial charge in [-0.1, -0.05) is 0 Å². The Morgan fingerprint density at radius 3 is 2.67 bits per heavy atom. The standard InChI is InChI=1S/C11H20N6O/c1-15-5-7-17(8-6-15)4-3-11(18)13-10-9-12-16(2)14-10/h9H,3-8H2,1-2H3,(H,13,14,18). The number of nitrogens with one attached hydrogen (secondary N) is 1. The van der Waals surface area contributed by atoms with Crippen LogP contribution in [0.15, 0.2) is 6.20 Å². The molecule has 0 aromatic carbocycles. The highest BCUT2D eigenvalue weighted by Crippen LogP contribution is 2.02. The summed E-state index contributed by atoms with van der Waals surface area (Å²) in [7, 11) is 3.85. The molecule has 7 nitrogen and oxygen atoms in total. The third-order valence-electron chi connectivity index (χ3n) is 3.12. The Morgan fingerprint density at radius 1 is 1.33 bits per heavy atom. The molecule has 2 rings (SSSR count). The van der Waals surface area contributed by atoms with Crippen molar-refractivity contribution in [3.63, 3.8) is 0 Å². The lowest BCUT2D eigenvalue weighted by atomic mass is 10.3. The Morgan fingerprint density at radius 2 is 2.06 bits per heavy atom. The topological polar surface area (TPSA) is 66.3 Å². The Balaban J connectivity index is 1.68. The van der Waals surface area contributed by atoms with Crippen molar-refractivity contribution < 1.29 is 4.79 Å². The van der Waals surface area contributed by atoms with E-state index >= 15 is 0 Å². The van der Waals surface area contributed by atoms with Gasteiger partial charge >= 0.3 is 0 Å². The molecule has 1 fully saturated rings. The van der Waals surface area contributed by atoms with Gasteiger partial charge in [-0.3, -0.25) is 4.79 Å². The molecule has 0 saturated carbocycles. The molecule has 0 bridgehead atoms. The number of nitrogens with zero attached hydrogens (tertiary/aromatic N) is 5. The molecule has 1 aromatic heterocycles. The van der Waals surface area contributed by atoms with Crippen LogP contribution < -0.4 is 5.32 Å². The van der Waals surface area contributed by atoms with Crippen LogP contribution in [0.1, 0.15) is 6.42 Å². The molecule has 1 aliphatic rings. The molecule has 1 N–H and O–H groups in total. The van der Waals surface area contributed by atoms with Crippen molar-refractivity contribution in [2.45, 2.75) is 6.42 Å². The van der Waals surface area contributed by atoms with E-state index in [9.17, 15) is 4.79 Å². The molecule has 1 amide bonds. The number of carbonyl (C=O) groups is 1. The van der Waals surface area contributed by atoms with Gasteiger partial charge in [0, 0.05) is 46.2 Å². The van der Waals surface area contributed by atoms with Gasteiger partial charge in [-0.05, 0) is 7.05 Å². The van der Waals surface area contributed by atoms with E-state index in [1.807, 2.05) is 0 Å². The largest absolute Gasteiger partial charge is 0.308 e. The molecule has 1 aliphatic heterocycles. The first kappa shape index (κ1) is 13.0. The maximum absolute atomic E-state index is 11.7. The maximum atomic E-state index is 11.7. The second-order valence-corrected chi connectivity index (χ2v) is 4.66. The lowest BCUT2D eigenvalue weighted by molar-refractivity contribution is -0.116. The normalized spacial score (nSPS) is 17.9. The first-order chi connectivity index (χ1) is 8.63. The fraction of sp³-hybridized carbons (Fsp3) is 0.727. The highest BCUT2D eigenvalue weighted by atomic mass is 16.1. The number of anilines is 1. The summed E-state index contributed by atoms with van der Waals surface area (Å²) in [5, 5.41) is 10.7. The maximum Gasteiger partial charge on any atom is 0.226 e. The van der Waals surface area contributed by atoms with Gasteiger partial charge in [-0.2, -0.15) is 9.90 Å². The Hall–Kier alpha value is -1.47. The molecular weight excluding hydrogens is 232 g/mol. The van der Waals surface area contributed by atoms with Gasteiger partial charge in [0.25, 0.3) is 0 Å². The molecule has 7 heteroatoms. The van der Waals surface area contributed by atoms with Crippen molar-refractivity contribution in [1.82, 2.24) is 24.8 Å². The number of carbonyl (C=O) groups excluding carboxylic acids is 1. The fourth-order valence-electron chi connectivity index (χ4n) is 1.94. The second-order valence-electron chi connectivity index (χ2n) is 4.66. The van der Waals surface area contributed by atoms with Crippen LogP contribution in [0.3, 0.4) is 0 Å². The summed E-state index contributed by atoms with van der Waals surface area (Å²) in [5.41, 5.74) is 0. The minimum atomic E-state index is -0.00516. The zero-order chi connectivity index (χ0) is 13.0. The van der Waals surface area contributed by atoms with Gasteiger partial charge in [0.15, 0.2) is 5.82 Å². The first-order valence-electron chi connectivity index (χ1n) is 6.20. The van der Waals surface area contributed by atoms with Gasteiger partial charge in [-0.15, -0.1) is 5.10 Å². The van der Waals surface area contributed by atoms with Crippen LogP contribution in [0, 0.1) is 0 Å². The predicted octanol–water partition coefficient (Wildman–Crippen LogP) is -0.609. The van der Waals surface area contributed by atoms with Gasteiger partial charge in [0.05, 0.1) is 6.20 Å². The summed E-state index contributed by atoms with van der Waals surface area (Å²) in [6.45, 7) is 5.03. The van der Waals surface area contributed by atoms with Gasteiger partial charge in [-0.25, -0.2) is 0 Å². The third-order valence-corrected chi connectivity index (χ3v) is 3.12. The quantitative estimate of drug-likeness (QED) is 0.774.